The Morgan fingerprint density at radius 3 is 2.71 bits per heavy atom. The molecule has 2 aromatic carbocycles. The number of carbonyl (C=O) groups is 1. The summed E-state index contributed by atoms with van der Waals surface area (Å²) in [4.78, 5) is 11.3. The molecule has 0 aromatic heterocycles. The molecule has 0 fully saturated rings. The van der Waals surface area contributed by atoms with E-state index in [0.717, 1.165) is 24.0 Å². The lowest BCUT2D eigenvalue weighted by Crippen LogP contribution is -2.29. The Balaban J connectivity index is 2.00. The summed E-state index contributed by atoms with van der Waals surface area (Å²) in [6.45, 7) is 4.48. The fraction of sp³-hybridized carbons (Fsp3) is 0.286. The van der Waals surface area contributed by atoms with E-state index in [1.807, 2.05) is 6.07 Å². The van der Waals surface area contributed by atoms with Crippen LogP contribution in [0.5, 0.6) is 0 Å². The number of fused-ring (bicyclic) bond motifs is 1. The lowest BCUT2D eigenvalue weighted by atomic mass is 9.71. The molecular weight excluding hydrogens is 298 g/mol. The van der Waals surface area contributed by atoms with Gasteiger partial charge in [-0.1, -0.05) is 43.9 Å². The zero-order valence-corrected chi connectivity index (χ0v) is 14.0. The van der Waals surface area contributed by atoms with Crippen molar-refractivity contribution in [2.45, 2.75) is 38.1 Å². The van der Waals surface area contributed by atoms with E-state index in [2.05, 4.69) is 37.8 Å². The smallest absolute Gasteiger partial charge is 0.336 e. The first-order valence-electron chi connectivity index (χ1n) is 8.13. The Labute approximate surface area is 142 Å². The highest BCUT2D eigenvalue weighted by Crippen LogP contribution is 2.40. The summed E-state index contributed by atoms with van der Waals surface area (Å²) in [5.74, 6) is 5.10. The summed E-state index contributed by atoms with van der Waals surface area (Å²) >= 11 is 0. The molecule has 0 aliphatic heterocycles. The van der Waals surface area contributed by atoms with Crippen molar-refractivity contribution in [1.82, 2.24) is 0 Å². The molecule has 0 amide bonds. The second-order valence-electron chi connectivity index (χ2n) is 6.93. The quantitative estimate of drug-likeness (QED) is 0.785. The van der Waals surface area contributed by atoms with Crippen LogP contribution in [-0.2, 0) is 5.41 Å². The average Bonchev–Trinajstić information content (AvgIpc) is 2.57. The maximum absolute atomic E-state index is 11.3. The Morgan fingerprint density at radius 2 is 1.96 bits per heavy atom. The predicted octanol–water partition coefficient (Wildman–Crippen LogP) is 3.86. The van der Waals surface area contributed by atoms with Crippen LogP contribution < -0.4 is 5.73 Å². The number of rotatable bonds is 1. The highest BCUT2D eigenvalue weighted by Gasteiger charge is 2.30. The van der Waals surface area contributed by atoms with Crippen LogP contribution >= 0.6 is 0 Å². The zero-order valence-electron chi connectivity index (χ0n) is 14.0. The first-order chi connectivity index (χ1) is 11.4. The van der Waals surface area contributed by atoms with Crippen LogP contribution in [0.4, 0.5) is 0 Å². The molecule has 1 unspecified atom stereocenters. The van der Waals surface area contributed by atoms with Crippen LogP contribution in [0.15, 0.2) is 42.5 Å². The first-order valence-corrected chi connectivity index (χ1v) is 8.13. The largest absolute Gasteiger partial charge is 0.478 e. The minimum absolute atomic E-state index is 0.0427. The lowest BCUT2D eigenvalue weighted by Gasteiger charge is -2.35. The number of benzene rings is 2. The summed E-state index contributed by atoms with van der Waals surface area (Å²) in [5, 5.41) is 9.23. The van der Waals surface area contributed by atoms with Crippen molar-refractivity contribution in [1.29, 1.82) is 0 Å². The van der Waals surface area contributed by atoms with Crippen molar-refractivity contribution in [3.05, 3.63) is 70.3 Å². The van der Waals surface area contributed by atoms with E-state index in [4.69, 9.17) is 5.73 Å². The number of nitrogens with two attached hydrogens (primary N) is 1. The third-order valence-corrected chi connectivity index (χ3v) is 4.76. The Morgan fingerprint density at radius 1 is 1.21 bits per heavy atom. The molecule has 3 N–H and O–H groups in total. The van der Waals surface area contributed by atoms with Gasteiger partial charge >= 0.3 is 5.97 Å². The highest BCUT2D eigenvalue weighted by molar-refractivity contribution is 5.90. The molecule has 3 heteroatoms. The van der Waals surface area contributed by atoms with Gasteiger partial charge in [0.15, 0.2) is 0 Å². The van der Waals surface area contributed by atoms with Gasteiger partial charge in [0.2, 0.25) is 0 Å². The first kappa shape index (κ1) is 16.3. The van der Waals surface area contributed by atoms with Crippen molar-refractivity contribution >= 4 is 5.97 Å². The van der Waals surface area contributed by atoms with Gasteiger partial charge in [-0.3, -0.25) is 0 Å². The van der Waals surface area contributed by atoms with Gasteiger partial charge in [-0.2, -0.15) is 0 Å². The third kappa shape index (κ3) is 3.06. The standard InChI is InChI=1S/C21H21NO2/c1-21(2)12-11-19(22)17-13-14(8-10-18(17)21)7-9-15-5-3-4-6-16(15)20(23)24/h3-6,8,10,13,19H,11-12,22H2,1-2H3,(H,23,24). The van der Waals surface area contributed by atoms with Gasteiger partial charge in [-0.05, 0) is 53.6 Å². The second kappa shape index (κ2) is 6.14. The SMILES string of the molecule is CC1(C)CCC(N)c2cc(C#Cc3ccccc3C(=O)O)ccc21. The second-order valence-corrected chi connectivity index (χ2v) is 6.93. The molecule has 3 nitrogen and oxygen atoms in total. The van der Waals surface area contributed by atoms with Crippen LogP contribution in [0.3, 0.4) is 0 Å². The number of carboxylic acids is 1. The molecule has 0 spiro atoms. The monoisotopic (exact) mass is 319 g/mol. The van der Waals surface area contributed by atoms with E-state index >= 15 is 0 Å². The van der Waals surface area contributed by atoms with Crippen molar-refractivity contribution in [2.24, 2.45) is 5.73 Å². The molecular formula is C21H21NO2. The summed E-state index contributed by atoms with van der Waals surface area (Å²) in [5.41, 5.74) is 10.5. The Kier molecular flexibility index (Phi) is 4.17. The molecule has 0 bridgehead atoms. The third-order valence-electron chi connectivity index (χ3n) is 4.76. The molecule has 0 saturated carbocycles. The summed E-state index contributed by atoms with van der Waals surface area (Å²) < 4.78 is 0. The van der Waals surface area contributed by atoms with E-state index in [-0.39, 0.29) is 17.0 Å². The molecule has 1 atom stereocenters. The zero-order chi connectivity index (χ0) is 17.3. The van der Waals surface area contributed by atoms with E-state index in [9.17, 15) is 9.90 Å². The molecule has 3 rings (SSSR count). The minimum atomic E-state index is -0.964. The number of hydrogen-bond donors (Lipinski definition) is 2. The van der Waals surface area contributed by atoms with Crippen molar-refractivity contribution in [3.63, 3.8) is 0 Å². The summed E-state index contributed by atoms with van der Waals surface area (Å²) in [6.07, 6.45) is 2.05. The molecule has 0 saturated heterocycles. The van der Waals surface area contributed by atoms with Gasteiger partial charge in [0, 0.05) is 17.2 Å². The average molecular weight is 319 g/mol. The predicted molar refractivity (Wildman–Crippen MR) is 95.0 cm³/mol. The maximum Gasteiger partial charge on any atom is 0.336 e. The molecule has 2 aromatic rings. The number of aromatic carboxylic acids is 1. The molecule has 1 aliphatic carbocycles. The van der Waals surface area contributed by atoms with Crippen LogP contribution in [0.2, 0.25) is 0 Å². The van der Waals surface area contributed by atoms with Gasteiger partial charge in [0.05, 0.1) is 5.56 Å². The van der Waals surface area contributed by atoms with Crippen molar-refractivity contribution < 1.29 is 9.90 Å². The van der Waals surface area contributed by atoms with Crippen molar-refractivity contribution in [3.8, 4) is 11.8 Å². The van der Waals surface area contributed by atoms with Crippen molar-refractivity contribution in [2.75, 3.05) is 0 Å². The van der Waals surface area contributed by atoms with E-state index < -0.39 is 5.97 Å². The minimum Gasteiger partial charge on any atom is -0.478 e. The van der Waals surface area contributed by atoms with E-state index in [1.54, 1.807) is 24.3 Å². The maximum atomic E-state index is 11.3. The van der Waals surface area contributed by atoms with E-state index in [0.29, 0.717) is 5.56 Å². The number of carboxylic acid groups (broad SMARTS) is 1. The Hall–Kier alpha value is -2.57. The van der Waals surface area contributed by atoms with Gasteiger partial charge in [0.1, 0.15) is 0 Å². The summed E-state index contributed by atoms with van der Waals surface area (Å²) in [7, 11) is 0. The highest BCUT2D eigenvalue weighted by atomic mass is 16.4. The molecule has 122 valence electrons. The molecule has 0 heterocycles. The van der Waals surface area contributed by atoms with Crippen LogP contribution in [-0.4, -0.2) is 11.1 Å². The Bertz CT molecular complexity index is 856. The summed E-state index contributed by atoms with van der Waals surface area (Å²) in [6, 6.07) is 13.0. The van der Waals surface area contributed by atoms with Gasteiger partial charge < -0.3 is 10.8 Å². The van der Waals surface area contributed by atoms with Crippen LogP contribution in [0, 0.1) is 11.8 Å². The molecule has 24 heavy (non-hydrogen) atoms. The van der Waals surface area contributed by atoms with Crippen LogP contribution in [0.1, 0.15) is 65.3 Å². The normalized spacial score (nSPS) is 18.2. The number of hydrogen-bond acceptors (Lipinski definition) is 2. The lowest BCUT2D eigenvalue weighted by molar-refractivity contribution is 0.0696. The van der Waals surface area contributed by atoms with Crippen LogP contribution in [0.25, 0.3) is 0 Å². The topological polar surface area (TPSA) is 63.3 Å². The van der Waals surface area contributed by atoms with Gasteiger partial charge in [0.25, 0.3) is 0 Å². The molecule has 0 radical (unpaired) electrons. The van der Waals surface area contributed by atoms with E-state index in [1.165, 1.54) is 5.56 Å². The van der Waals surface area contributed by atoms with Gasteiger partial charge in [-0.25, -0.2) is 4.79 Å². The van der Waals surface area contributed by atoms with Gasteiger partial charge in [-0.15, -0.1) is 0 Å². The fourth-order valence-electron chi connectivity index (χ4n) is 3.29. The molecule has 1 aliphatic rings. The fourth-order valence-corrected chi connectivity index (χ4v) is 3.29.